The molecule has 0 bridgehead atoms. The van der Waals surface area contributed by atoms with Crippen LogP contribution < -0.4 is 5.32 Å². The maximum Gasteiger partial charge on any atom is 0.138 e. The lowest BCUT2D eigenvalue weighted by atomic mass is 9.93. The topological polar surface area (TPSA) is 29.1 Å². The van der Waals surface area contributed by atoms with Gasteiger partial charge in [0.15, 0.2) is 0 Å². The molecule has 1 saturated carbocycles. The Morgan fingerprint density at radius 1 is 1.36 bits per heavy atom. The number of Topliss-reactive ketones (excluding diaryl/α,β-unsaturated/α-hetero) is 1. The molecule has 2 rings (SSSR count). The van der Waals surface area contributed by atoms with Crippen molar-refractivity contribution in [3.8, 4) is 0 Å². The molecular formula is C8H14ClNO. The van der Waals surface area contributed by atoms with Gasteiger partial charge in [-0.15, -0.1) is 12.4 Å². The number of nitrogens with one attached hydrogen (secondary N) is 1. The second-order valence-electron chi connectivity index (χ2n) is 3.31. The quantitative estimate of drug-likeness (QED) is 0.598. The summed E-state index contributed by atoms with van der Waals surface area (Å²) in [5.41, 5.74) is 0. The van der Waals surface area contributed by atoms with Crippen molar-refractivity contribution >= 4 is 18.2 Å². The summed E-state index contributed by atoms with van der Waals surface area (Å²) in [6.07, 6.45) is 4.36. The molecular weight excluding hydrogens is 162 g/mol. The van der Waals surface area contributed by atoms with E-state index in [-0.39, 0.29) is 12.4 Å². The van der Waals surface area contributed by atoms with Crippen LogP contribution in [0.4, 0.5) is 0 Å². The van der Waals surface area contributed by atoms with Gasteiger partial charge in [-0.2, -0.15) is 0 Å². The lowest BCUT2D eigenvalue weighted by molar-refractivity contribution is -0.124. The van der Waals surface area contributed by atoms with E-state index in [0.29, 0.717) is 17.7 Å². The van der Waals surface area contributed by atoms with E-state index in [9.17, 15) is 4.79 Å². The van der Waals surface area contributed by atoms with E-state index in [1.165, 1.54) is 12.8 Å². The number of rotatable bonds is 0. The van der Waals surface area contributed by atoms with Gasteiger partial charge in [0, 0.05) is 24.9 Å². The minimum atomic E-state index is 0. The van der Waals surface area contributed by atoms with Gasteiger partial charge < -0.3 is 5.32 Å². The number of halogens is 1. The molecule has 2 aliphatic rings. The zero-order valence-corrected chi connectivity index (χ0v) is 7.32. The van der Waals surface area contributed by atoms with E-state index in [0.717, 1.165) is 19.4 Å². The van der Waals surface area contributed by atoms with E-state index in [4.69, 9.17) is 0 Å². The van der Waals surface area contributed by atoms with Crippen LogP contribution in [0.3, 0.4) is 0 Å². The van der Waals surface area contributed by atoms with E-state index in [1.807, 2.05) is 0 Å². The molecule has 1 aliphatic heterocycles. The van der Waals surface area contributed by atoms with Gasteiger partial charge >= 0.3 is 0 Å². The van der Waals surface area contributed by atoms with Crippen LogP contribution in [0, 0.1) is 5.92 Å². The number of hydrogen-bond acceptors (Lipinski definition) is 2. The van der Waals surface area contributed by atoms with Crippen LogP contribution in [0.5, 0.6) is 0 Å². The third-order valence-electron chi connectivity index (χ3n) is 2.71. The molecule has 64 valence electrons. The van der Waals surface area contributed by atoms with Gasteiger partial charge in [0.2, 0.25) is 0 Å². The molecule has 0 aromatic heterocycles. The summed E-state index contributed by atoms with van der Waals surface area (Å²) >= 11 is 0. The van der Waals surface area contributed by atoms with Gasteiger partial charge in [-0.1, -0.05) is 6.42 Å². The van der Waals surface area contributed by atoms with Gasteiger partial charge in [-0.3, -0.25) is 4.79 Å². The predicted molar refractivity (Wildman–Crippen MR) is 46.0 cm³/mol. The predicted octanol–water partition coefficient (Wildman–Crippen LogP) is 1.14. The molecule has 0 aromatic carbocycles. The molecule has 2 fully saturated rings. The second kappa shape index (κ2) is 3.55. The van der Waals surface area contributed by atoms with Crippen LogP contribution in [0.15, 0.2) is 0 Å². The summed E-state index contributed by atoms with van der Waals surface area (Å²) in [5, 5.41) is 3.39. The fourth-order valence-corrected chi connectivity index (χ4v) is 2.16. The van der Waals surface area contributed by atoms with Crippen molar-refractivity contribution < 1.29 is 4.79 Å². The average molecular weight is 176 g/mol. The van der Waals surface area contributed by atoms with E-state index >= 15 is 0 Å². The smallest absolute Gasteiger partial charge is 0.138 e. The SMILES string of the molecule is Cl.O=C1CCN[C@H]2CCC[C@@H]12. The molecule has 11 heavy (non-hydrogen) atoms. The Kier molecular flexibility index (Phi) is 2.90. The van der Waals surface area contributed by atoms with Gasteiger partial charge in [0.1, 0.15) is 5.78 Å². The first kappa shape index (κ1) is 9.01. The van der Waals surface area contributed by atoms with Crippen LogP contribution in [0.25, 0.3) is 0 Å². The van der Waals surface area contributed by atoms with Crippen LogP contribution in [0.2, 0.25) is 0 Å². The van der Waals surface area contributed by atoms with Gasteiger partial charge in [0.25, 0.3) is 0 Å². The standard InChI is InChI=1S/C8H13NO.ClH/c10-8-4-5-9-7-3-1-2-6(7)8;/h6-7,9H,1-5H2;1H/t6-,7+;/m1./s1. The summed E-state index contributed by atoms with van der Waals surface area (Å²) in [7, 11) is 0. The first-order chi connectivity index (χ1) is 4.88. The van der Waals surface area contributed by atoms with Crippen molar-refractivity contribution in [1.82, 2.24) is 5.32 Å². The highest BCUT2D eigenvalue weighted by Gasteiger charge is 2.34. The van der Waals surface area contributed by atoms with Gasteiger partial charge in [-0.05, 0) is 12.8 Å². The average Bonchev–Trinajstić information content (AvgIpc) is 2.36. The highest BCUT2D eigenvalue weighted by atomic mass is 35.5. The molecule has 0 unspecified atom stereocenters. The molecule has 2 atom stereocenters. The highest BCUT2D eigenvalue weighted by Crippen LogP contribution is 2.29. The second-order valence-corrected chi connectivity index (χ2v) is 3.31. The number of ketones is 1. The van der Waals surface area contributed by atoms with Crippen LogP contribution in [-0.2, 0) is 4.79 Å². The molecule has 1 saturated heterocycles. The molecule has 0 radical (unpaired) electrons. The third kappa shape index (κ3) is 1.57. The minimum absolute atomic E-state index is 0. The fraction of sp³-hybridized carbons (Fsp3) is 0.875. The maximum absolute atomic E-state index is 11.2. The monoisotopic (exact) mass is 175 g/mol. The molecule has 0 aromatic rings. The lowest BCUT2D eigenvalue weighted by Gasteiger charge is -2.24. The number of carbonyl (C=O) groups is 1. The lowest BCUT2D eigenvalue weighted by Crippen LogP contribution is -2.43. The number of hydrogen-bond donors (Lipinski definition) is 1. The molecule has 2 nitrogen and oxygen atoms in total. The summed E-state index contributed by atoms with van der Waals surface area (Å²) in [6.45, 7) is 0.917. The maximum atomic E-state index is 11.2. The van der Waals surface area contributed by atoms with Crippen molar-refractivity contribution in [1.29, 1.82) is 0 Å². The van der Waals surface area contributed by atoms with Crippen molar-refractivity contribution in [3.63, 3.8) is 0 Å². The Bertz CT molecular complexity index is 160. The van der Waals surface area contributed by atoms with Crippen LogP contribution in [-0.4, -0.2) is 18.4 Å². The van der Waals surface area contributed by atoms with Crippen LogP contribution >= 0.6 is 12.4 Å². The zero-order chi connectivity index (χ0) is 6.97. The van der Waals surface area contributed by atoms with Crippen molar-refractivity contribution in [2.45, 2.75) is 31.7 Å². The first-order valence-corrected chi connectivity index (χ1v) is 4.14. The first-order valence-electron chi connectivity index (χ1n) is 4.14. The highest BCUT2D eigenvalue weighted by molar-refractivity contribution is 5.85. The van der Waals surface area contributed by atoms with Crippen molar-refractivity contribution in [3.05, 3.63) is 0 Å². The Hall–Kier alpha value is -0.0800. The molecule has 1 N–H and O–H groups in total. The fourth-order valence-electron chi connectivity index (χ4n) is 2.16. The third-order valence-corrected chi connectivity index (χ3v) is 2.71. The summed E-state index contributed by atoms with van der Waals surface area (Å²) < 4.78 is 0. The number of carbonyl (C=O) groups excluding carboxylic acids is 1. The normalized spacial score (nSPS) is 36.2. The zero-order valence-electron chi connectivity index (χ0n) is 6.51. The molecule has 0 spiro atoms. The Labute approximate surface area is 73.1 Å². The van der Waals surface area contributed by atoms with Gasteiger partial charge in [-0.25, -0.2) is 0 Å². The molecule has 1 aliphatic carbocycles. The largest absolute Gasteiger partial charge is 0.313 e. The minimum Gasteiger partial charge on any atom is -0.313 e. The summed E-state index contributed by atoms with van der Waals surface area (Å²) in [6, 6.07) is 0.543. The van der Waals surface area contributed by atoms with E-state index < -0.39 is 0 Å². The van der Waals surface area contributed by atoms with Gasteiger partial charge in [0.05, 0.1) is 0 Å². The summed E-state index contributed by atoms with van der Waals surface area (Å²) in [5.74, 6) is 0.884. The Morgan fingerprint density at radius 3 is 2.91 bits per heavy atom. The van der Waals surface area contributed by atoms with E-state index in [2.05, 4.69) is 5.32 Å². The van der Waals surface area contributed by atoms with Crippen LogP contribution in [0.1, 0.15) is 25.7 Å². The number of piperidine rings is 1. The van der Waals surface area contributed by atoms with Crippen molar-refractivity contribution in [2.75, 3.05) is 6.54 Å². The Balaban J connectivity index is 0.000000605. The molecule has 3 heteroatoms. The number of fused-ring (bicyclic) bond motifs is 1. The van der Waals surface area contributed by atoms with E-state index in [1.54, 1.807) is 0 Å². The molecule has 0 amide bonds. The summed E-state index contributed by atoms with van der Waals surface area (Å²) in [4.78, 5) is 11.2. The molecule has 1 heterocycles. The van der Waals surface area contributed by atoms with Crippen molar-refractivity contribution in [2.24, 2.45) is 5.92 Å². The Morgan fingerprint density at radius 2 is 2.18 bits per heavy atom.